The quantitative estimate of drug-likeness (QED) is 0.111. The Labute approximate surface area is 223 Å². The van der Waals surface area contributed by atoms with Gasteiger partial charge in [-0.15, -0.1) is 0 Å². The van der Waals surface area contributed by atoms with Crippen LogP contribution in [0.5, 0.6) is 11.5 Å². The summed E-state index contributed by atoms with van der Waals surface area (Å²) in [6.07, 6.45) is 10.4. The van der Waals surface area contributed by atoms with Gasteiger partial charge in [0.25, 0.3) is 0 Å². The van der Waals surface area contributed by atoms with E-state index in [4.69, 9.17) is 32.4 Å². The van der Waals surface area contributed by atoms with Gasteiger partial charge in [0.1, 0.15) is 11.5 Å². The van der Waals surface area contributed by atoms with E-state index in [1.165, 1.54) is 29.6 Å². The summed E-state index contributed by atoms with van der Waals surface area (Å²) >= 11 is 0. The molecule has 0 aromatic heterocycles. The van der Waals surface area contributed by atoms with Crippen LogP contribution in [0.25, 0.3) is 0 Å². The molecule has 0 aliphatic heterocycles. The third-order valence-corrected chi connectivity index (χ3v) is 6.66. The van der Waals surface area contributed by atoms with Gasteiger partial charge in [0.05, 0.1) is 13.2 Å². The lowest BCUT2D eigenvalue weighted by Crippen LogP contribution is -2.23. The highest BCUT2D eigenvalue weighted by Gasteiger charge is 2.31. The molecule has 0 amide bonds. The molecule has 1 aromatic rings. The van der Waals surface area contributed by atoms with Gasteiger partial charge >= 0.3 is 0 Å². The van der Waals surface area contributed by atoms with E-state index < -0.39 is 0 Å². The maximum absolute atomic E-state index is 6.44. The fourth-order valence-corrected chi connectivity index (χ4v) is 4.76. The van der Waals surface area contributed by atoms with Crippen molar-refractivity contribution >= 4 is 11.9 Å². The molecule has 0 bridgehead atoms. The van der Waals surface area contributed by atoms with E-state index in [2.05, 4.69) is 55.5 Å². The second kappa shape index (κ2) is 15.8. The van der Waals surface area contributed by atoms with E-state index in [1.54, 1.807) is 0 Å². The highest BCUT2D eigenvalue weighted by molar-refractivity contribution is 5.75. The Morgan fingerprint density at radius 1 is 0.946 bits per heavy atom. The number of aryl methyl sites for hydroxylation is 1. The van der Waals surface area contributed by atoms with Crippen LogP contribution in [0.15, 0.2) is 45.9 Å². The average Bonchev–Trinajstić information content (AvgIpc) is 2.83. The van der Waals surface area contributed by atoms with E-state index in [0.717, 1.165) is 55.6 Å². The van der Waals surface area contributed by atoms with Gasteiger partial charge < -0.3 is 32.4 Å². The molecule has 37 heavy (non-hydrogen) atoms. The summed E-state index contributed by atoms with van der Waals surface area (Å²) in [6.45, 7) is 12.9. The van der Waals surface area contributed by atoms with Gasteiger partial charge in [-0.05, 0) is 63.1 Å². The number of nitrogens with two attached hydrogens (primary N) is 4. The summed E-state index contributed by atoms with van der Waals surface area (Å²) < 4.78 is 12.9. The van der Waals surface area contributed by atoms with Crippen molar-refractivity contribution in [2.75, 3.05) is 26.3 Å². The molecule has 1 aliphatic carbocycles. The number of hydrogen-bond acceptors (Lipinski definition) is 4. The predicted molar refractivity (Wildman–Crippen MR) is 155 cm³/mol. The van der Waals surface area contributed by atoms with Gasteiger partial charge in [0.15, 0.2) is 11.9 Å². The van der Waals surface area contributed by atoms with Crippen molar-refractivity contribution in [2.24, 2.45) is 38.8 Å². The summed E-state index contributed by atoms with van der Waals surface area (Å²) in [5.41, 5.74) is 26.8. The maximum atomic E-state index is 6.44. The van der Waals surface area contributed by atoms with Crippen molar-refractivity contribution in [1.82, 2.24) is 0 Å². The Morgan fingerprint density at radius 2 is 1.51 bits per heavy atom. The van der Waals surface area contributed by atoms with Crippen molar-refractivity contribution in [2.45, 2.75) is 78.1 Å². The largest absolute Gasteiger partial charge is 0.493 e. The molecule has 0 fully saturated rings. The highest BCUT2D eigenvalue weighted by atomic mass is 16.5. The summed E-state index contributed by atoms with van der Waals surface area (Å²) in [5.74, 6) is 2.41. The molecule has 0 spiro atoms. The standard InChI is InChI=1S/C29H48N6O2/c1-5-6-7-10-22-18-25(36-15-8-13-34-28(30)31)27(24-17-21(4)11-12-23(24)20(2)3)26(19-22)37-16-9-14-35-29(32)33/h17-19,23-24H,2,5-16H2,1,3-4H3,(H4,30,31,34)(H4,32,33,35)/t23-,24+/m0/s1. The van der Waals surface area contributed by atoms with Gasteiger partial charge in [0.2, 0.25) is 0 Å². The van der Waals surface area contributed by atoms with E-state index in [9.17, 15) is 0 Å². The molecule has 1 aromatic carbocycles. The summed E-state index contributed by atoms with van der Waals surface area (Å²) in [7, 11) is 0. The molecule has 0 heterocycles. The Balaban J connectivity index is 2.46. The van der Waals surface area contributed by atoms with E-state index in [1.807, 2.05) is 0 Å². The molecule has 206 valence electrons. The van der Waals surface area contributed by atoms with Crippen LogP contribution in [0, 0.1) is 5.92 Å². The average molecular weight is 513 g/mol. The van der Waals surface area contributed by atoms with Crippen LogP contribution in [0.4, 0.5) is 0 Å². The lowest BCUT2D eigenvalue weighted by molar-refractivity contribution is 0.285. The van der Waals surface area contributed by atoms with Crippen LogP contribution >= 0.6 is 0 Å². The predicted octanol–water partition coefficient (Wildman–Crippen LogP) is 4.52. The number of nitrogens with zero attached hydrogens (tertiary/aromatic N) is 2. The van der Waals surface area contributed by atoms with Gasteiger partial charge in [-0.1, -0.05) is 43.6 Å². The molecule has 2 atom stereocenters. The monoisotopic (exact) mass is 512 g/mol. The van der Waals surface area contributed by atoms with Gasteiger partial charge in [0, 0.05) is 37.4 Å². The van der Waals surface area contributed by atoms with Crippen molar-refractivity contribution in [3.8, 4) is 11.5 Å². The fraction of sp³-hybridized carbons (Fsp3) is 0.586. The van der Waals surface area contributed by atoms with E-state index in [0.29, 0.717) is 32.2 Å². The topological polar surface area (TPSA) is 147 Å². The van der Waals surface area contributed by atoms with E-state index >= 15 is 0 Å². The fourth-order valence-electron chi connectivity index (χ4n) is 4.76. The lowest BCUT2D eigenvalue weighted by Gasteiger charge is -2.33. The normalized spacial score (nSPS) is 17.0. The second-order valence-electron chi connectivity index (χ2n) is 10.0. The number of hydrogen-bond donors (Lipinski definition) is 4. The molecule has 0 saturated heterocycles. The Bertz CT molecular complexity index is 914. The molecular weight excluding hydrogens is 464 g/mol. The van der Waals surface area contributed by atoms with Crippen LogP contribution < -0.4 is 32.4 Å². The minimum absolute atomic E-state index is 0.0992. The number of ether oxygens (including phenoxy) is 2. The SMILES string of the molecule is C=C(C)[C@@H]1CCC(C)=C[C@H]1c1c(OCCCN=C(N)N)cc(CCCCC)cc1OCCCN=C(N)N. The maximum Gasteiger partial charge on any atom is 0.185 e. The third-order valence-electron chi connectivity index (χ3n) is 6.66. The van der Waals surface area contributed by atoms with Gasteiger partial charge in [-0.3, -0.25) is 9.98 Å². The molecule has 0 unspecified atom stereocenters. The molecule has 8 heteroatoms. The van der Waals surface area contributed by atoms with Crippen molar-refractivity contribution < 1.29 is 9.47 Å². The van der Waals surface area contributed by atoms with Crippen molar-refractivity contribution in [1.29, 1.82) is 0 Å². The number of guanidine groups is 2. The van der Waals surface area contributed by atoms with Crippen LogP contribution in [-0.4, -0.2) is 38.2 Å². The molecule has 8 nitrogen and oxygen atoms in total. The Morgan fingerprint density at radius 3 is 2.00 bits per heavy atom. The Hall–Kier alpha value is -3.16. The van der Waals surface area contributed by atoms with Crippen LogP contribution in [-0.2, 0) is 6.42 Å². The first-order valence-electron chi connectivity index (χ1n) is 13.6. The molecular formula is C29H48N6O2. The third kappa shape index (κ3) is 10.4. The zero-order valence-electron chi connectivity index (χ0n) is 23.1. The van der Waals surface area contributed by atoms with E-state index in [-0.39, 0.29) is 17.8 Å². The van der Waals surface area contributed by atoms with Crippen molar-refractivity contribution in [3.63, 3.8) is 0 Å². The summed E-state index contributed by atoms with van der Waals surface area (Å²) in [6, 6.07) is 4.40. The van der Waals surface area contributed by atoms with Crippen LogP contribution in [0.3, 0.4) is 0 Å². The number of unbranched alkanes of at least 4 members (excludes halogenated alkanes) is 2. The summed E-state index contributed by atoms with van der Waals surface area (Å²) in [4.78, 5) is 8.17. The van der Waals surface area contributed by atoms with Crippen molar-refractivity contribution in [3.05, 3.63) is 47.1 Å². The number of rotatable bonds is 16. The first-order valence-corrected chi connectivity index (χ1v) is 13.6. The van der Waals surface area contributed by atoms with Gasteiger partial charge in [-0.2, -0.15) is 0 Å². The Kier molecular flexibility index (Phi) is 12.9. The first-order chi connectivity index (χ1) is 17.7. The minimum atomic E-state index is 0.0992. The molecule has 2 rings (SSSR count). The van der Waals surface area contributed by atoms with Crippen LogP contribution in [0.2, 0.25) is 0 Å². The molecule has 8 N–H and O–H groups in total. The zero-order chi connectivity index (χ0) is 27.2. The first kappa shape index (κ1) is 30.1. The molecule has 0 radical (unpaired) electrons. The number of benzene rings is 1. The van der Waals surface area contributed by atoms with Crippen LogP contribution in [0.1, 0.15) is 82.8 Å². The number of allylic oxidation sites excluding steroid dienone is 3. The molecule has 1 aliphatic rings. The summed E-state index contributed by atoms with van der Waals surface area (Å²) in [5, 5.41) is 0. The minimum Gasteiger partial charge on any atom is -0.493 e. The molecule has 0 saturated carbocycles. The number of aliphatic imine (C=N–C) groups is 2. The van der Waals surface area contributed by atoms with Gasteiger partial charge in [-0.25, -0.2) is 0 Å². The zero-order valence-corrected chi connectivity index (χ0v) is 23.1. The smallest absolute Gasteiger partial charge is 0.185 e. The second-order valence-corrected chi connectivity index (χ2v) is 10.0. The lowest BCUT2D eigenvalue weighted by atomic mass is 9.73. The highest BCUT2D eigenvalue weighted by Crippen LogP contribution is 2.47.